The number of rotatable bonds is 5. The number of aliphatic carboxylic acids is 1. The molecule has 0 spiro atoms. The number of carbonyl (C=O) groups is 2. The Morgan fingerprint density at radius 3 is 2.29 bits per heavy atom. The van der Waals surface area contributed by atoms with Crippen molar-refractivity contribution < 1.29 is 23.8 Å². The van der Waals surface area contributed by atoms with Crippen LogP contribution in [0.5, 0.6) is 0 Å². The van der Waals surface area contributed by atoms with E-state index in [-0.39, 0.29) is 13.0 Å². The molecule has 0 aliphatic rings. The van der Waals surface area contributed by atoms with Crippen LogP contribution < -0.4 is 5.73 Å². The highest BCUT2D eigenvalue weighted by Crippen LogP contribution is 2.14. The summed E-state index contributed by atoms with van der Waals surface area (Å²) in [7, 11) is -1.64. The van der Waals surface area contributed by atoms with Gasteiger partial charge in [-0.1, -0.05) is 6.58 Å². The van der Waals surface area contributed by atoms with Crippen molar-refractivity contribution in [3.8, 4) is 0 Å². The van der Waals surface area contributed by atoms with Gasteiger partial charge in [0.2, 0.25) is 5.91 Å². The summed E-state index contributed by atoms with van der Waals surface area (Å²) in [6.07, 6.45) is 0.967. The predicted molar refractivity (Wildman–Crippen MR) is 51.1 cm³/mol. The van der Waals surface area contributed by atoms with Crippen molar-refractivity contribution in [2.45, 2.75) is 6.42 Å². The minimum Gasteiger partial charge on any atom is -0.481 e. The minimum atomic E-state index is -1.64. The van der Waals surface area contributed by atoms with Crippen molar-refractivity contribution in [2.24, 2.45) is 5.73 Å². The third-order valence-corrected chi connectivity index (χ3v) is 1.34. The van der Waals surface area contributed by atoms with Crippen molar-refractivity contribution in [1.82, 2.24) is 0 Å². The molecule has 0 radical (unpaired) electrons. The number of carboxylic acids is 1. The zero-order valence-corrected chi connectivity index (χ0v) is 8.70. The van der Waals surface area contributed by atoms with Crippen LogP contribution in [0.1, 0.15) is 6.42 Å². The maximum atomic E-state index is 10.2. The van der Waals surface area contributed by atoms with E-state index in [1.165, 1.54) is 6.66 Å². The van der Waals surface area contributed by atoms with Gasteiger partial charge in [0.25, 0.3) is 0 Å². The Hall–Kier alpha value is -1.26. The number of carboxylic acid groups (broad SMARTS) is 1. The quantitative estimate of drug-likeness (QED) is 0.520. The smallest absolute Gasteiger partial charge is 0.481 e. The molecule has 1 amide bonds. The summed E-state index contributed by atoms with van der Waals surface area (Å²) in [5.41, 5.74) is 4.53. The molecule has 80 valence electrons. The van der Waals surface area contributed by atoms with E-state index < -0.39 is 19.9 Å². The SMILES string of the molecule is C=CC(N)=O.C[P+](=O)OCCC(=O)O. The van der Waals surface area contributed by atoms with E-state index in [4.69, 9.17) is 5.11 Å². The first-order valence-corrected chi connectivity index (χ1v) is 5.20. The topological polar surface area (TPSA) is 107 Å². The van der Waals surface area contributed by atoms with E-state index in [9.17, 15) is 14.2 Å². The minimum absolute atomic E-state index is 0.0288. The molecule has 0 aromatic heterocycles. The van der Waals surface area contributed by atoms with Crippen LogP contribution in [0.2, 0.25) is 0 Å². The van der Waals surface area contributed by atoms with E-state index >= 15 is 0 Å². The van der Waals surface area contributed by atoms with E-state index in [0.717, 1.165) is 6.08 Å². The molecular formula is C7H13NO5P+. The Morgan fingerprint density at radius 1 is 1.64 bits per heavy atom. The fourth-order valence-corrected chi connectivity index (χ4v) is 0.610. The van der Waals surface area contributed by atoms with Gasteiger partial charge in [-0.2, -0.15) is 0 Å². The van der Waals surface area contributed by atoms with Gasteiger partial charge in [-0.15, -0.1) is 4.52 Å². The van der Waals surface area contributed by atoms with E-state index in [2.05, 4.69) is 16.8 Å². The van der Waals surface area contributed by atoms with Gasteiger partial charge in [-0.25, -0.2) is 0 Å². The van der Waals surface area contributed by atoms with Crippen molar-refractivity contribution in [2.75, 3.05) is 13.3 Å². The molecule has 0 aliphatic heterocycles. The van der Waals surface area contributed by atoms with Gasteiger partial charge in [-0.3, -0.25) is 9.59 Å². The number of nitrogens with two attached hydrogens (primary N) is 1. The van der Waals surface area contributed by atoms with Crippen LogP contribution in [-0.4, -0.2) is 30.3 Å². The van der Waals surface area contributed by atoms with E-state index in [0.29, 0.717) is 0 Å². The van der Waals surface area contributed by atoms with Gasteiger partial charge in [0, 0.05) is 0 Å². The molecule has 7 heteroatoms. The maximum absolute atomic E-state index is 10.2. The molecule has 0 saturated heterocycles. The summed E-state index contributed by atoms with van der Waals surface area (Å²) in [5.74, 6) is -1.42. The van der Waals surface area contributed by atoms with Gasteiger partial charge < -0.3 is 10.8 Å². The highest BCUT2D eigenvalue weighted by molar-refractivity contribution is 7.38. The third-order valence-electron chi connectivity index (χ3n) is 0.790. The molecule has 0 fully saturated rings. The number of hydrogen-bond acceptors (Lipinski definition) is 4. The molecule has 0 heterocycles. The molecule has 0 aromatic carbocycles. The Bertz CT molecular complexity index is 214. The lowest BCUT2D eigenvalue weighted by Crippen LogP contribution is -2.04. The summed E-state index contributed by atoms with van der Waals surface area (Å²) >= 11 is 0. The molecular weight excluding hydrogens is 209 g/mol. The molecule has 0 aliphatic carbocycles. The number of amides is 1. The summed E-state index contributed by atoms with van der Waals surface area (Å²) < 4.78 is 14.6. The van der Waals surface area contributed by atoms with Crippen LogP contribution in [0.4, 0.5) is 0 Å². The Balaban J connectivity index is 0. The average Bonchev–Trinajstić information content (AvgIpc) is 2.04. The second-order valence-corrected chi connectivity index (χ2v) is 3.16. The van der Waals surface area contributed by atoms with E-state index in [1.807, 2.05) is 0 Å². The van der Waals surface area contributed by atoms with Crippen molar-refractivity contribution in [3.05, 3.63) is 12.7 Å². The fourth-order valence-electron chi connectivity index (χ4n) is 0.262. The lowest BCUT2D eigenvalue weighted by Gasteiger charge is -1.84. The molecule has 0 bridgehead atoms. The second kappa shape index (κ2) is 9.83. The van der Waals surface area contributed by atoms with Crippen molar-refractivity contribution in [3.63, 3.8) is 0 Å². The first-order chi connectivity index (χ1) is 6.40. The van der Waals surface area contributed by atoms with Crippen LogP contribution in [0.15, 0.2) is 12.7 Å². The molecule has 14 heavy (non-hydrogen) atoms. The van der Waals surface area contributed by atoms with Gasteiger partial charge in [0.1, 0.15) is 6.61 Å². The van der Waals surface area contributed by atoms with Gasteiger partial charge >= 0.3 is 14.0 Å². The highest BCUT2D eigenvalue weighted by atomic mass is 31.1. The standard InChI is InChI=1S/C4H7O4P.C3H5NO/c1-9(7)8-3-2-4(5)6;1-2-3(4)5/h2-3H2,1H3;2H,1H2,(H2,4,5)/p+1. The zero-order chi connectivity index (χ0) is 11.6. The van der Waals surface area contributed by atoms with Crippen LogP contribution in [0, 0.1) is 0 Å². The average molecular weight is 222 g/mol. The molecule has 0 rings (SSSR count). The molecule has 1 unspecified atom stereocenters. The molecule has 3 N–H and O–H groups in total. The lowest BCUT2D eigenvalue weighted by atomic mass is 10.5. The van der Waals surface area contributed by atoms with E-state index in [1.54, 1.807) is 0 Å². The lowest BCUT2D eigenvalue weighted by molar-refractivity contribution is -0.137. The monoisotopic (exact) mass is 222 g/mol. The maximum Gasteiger partial charge on any atom is 0.504 e. The summed E-state index contributed by atoms with van der Waals surface area (Å²) in [5, 5.41) is 8.05. The normalized spacial score (nSPS) is 9.36. The number of hydrogen-bond donors (Lipinski definition) is 2. The van der Waals surface area contributed by atoms with Crippen LogP contribution in [0.3, 0.4) is 0 Å². The van der Waals surface area contributed by atoms with Crippen LogP contribution >= 0.6 is 8.03 Å². The number of carbonyl (C=O) groups excluding carboxylic acids is 1. The Morgan fingerprint density at radius 2 is 2.07 bits per heavy atom. The second-order valence-electron chi connectivity index (χ2n) is 2.02. The molecule has 0 saturated carbocycles. The van der Waals surface area contributed by atoms with Crippen LogP contribution in [0.25, 0.3) is 0 Å². The fraction of sp³-hybridized carbons (Fsp3) is 0.429. The van der Waals surface area contributed by atoms with Crippen molar-refractivity contribution in [1.29, 1.82) is 0 Å². The highest BCUT2D eigenvalue weighted by Gasteiger charge is 2.07. The predicted octanol–water partition coefficient (Wildman–Crippen LogP) is 0.508. The third kappa shape index (κ3) is 22.4. The summed E-state index contributed by atoms with van der Waals surface area (Å²) in [4.78, 5) is 19.3. The van der Waals surface area contributed by atoms with Gasteiger partial charge in [0.15, 0.2) is 6.66 Å². The Kier molecular flexibility index (Phi) is 10.7. The van der Waals surface area contributed by atoms with Crippen LogP contribution in [-0.2, 0) is 18.7 Å². The zero-order valence-electron chi connectivity index (χ0n) is 7.80. The number of primary amides is 1. The van der Waals surface area contributed by atoms with Gasteiger partial charge in [-0.05, 0) is 10.6 Å². The largest absolute Gasteiger partial charge is 0.504 e. The molecule has 1 atom stereocenters. The van der Waals surface area contributed by atoms with Crippen molar-refractivity contribution >= 4 is 19.9 Å². The first-order valence-electron chi connectivity index (χ1n) is 3.57. The first kappa shape index (κ1) is 15.2. The molecule has 0 aromatic rings. The summed E-state index contributed by atoms with van der Waals surface area (Å²) in [6, 6.07) is 0. The summed E-state index contributed by atoms with van der Waals surface area (Å²) in [6.45, 7) is 4.50. The molecule has 6 nitrogen and oxygen atoms in total. The Labute approximate surface area is 82.6 Å². The van der Waals surface area contributed by atoms with Gasteiger partial charge in [0.05, 0.1) is 6.42 Å².